The van der Waals surface area contributed by atoms with Gasteiger partial charge < -0.3 is 9.64 Å². The highest BCUT2D eigenvalue weighted by molar-refractivity contribution is 5.69. The van der Waals surface area contributed by atoms with Gasteiger partial charge in [0.1, 0.15) is 6.10 Å². The van der Waals surface area contributed by atoms with E-state index in [2.05, 4.69) is 25.9 Å². The quantitative estimate of drug-likeness (QED) is 0.265. The summed E-state index contributed by atoms with van der Waals surface area (Å²) in [7, 11) is 4.18. The van der Waals surface area contributed by atoms with Crippen molar-refractivity contribution in [2.75, 3.05) is 20.6 Å². The molecule has 0 aromatic carbocycles. The summed E-state index contributed by atoms with van der Waals surface area (Å²) in [5.74, 6) is 14.1. The lowest BCUT2D eigenvalue weighted by Gasteiger charge is -2.18. The molecule has 3 heteroatoms. The first-order chi connectivity index (χ1) is 25.4. The summed E-state index contributed by atoms with van der Waals surface area (Å²) >= 11 is 0. The van der Waals surface area contributed by atoms with Crippen molar-refractivity contribution in [3.05, 3.63) is 0 Å². The van der Waals surface area contributed by atoms with Crippen molar-refractivity contribution in [1.82, 2.24) is 4.90 Å². The van der Waals surface area contributed by atoms with Crippen LogP contribution in [0.15, 0.2) is 0 Å². The standard InChI is InChI=1S/C49H85NO2/c1-35-15-7-4-8-17-36-25-40(36)29-44-33-45(44)30-41-26-37(41)18-9-5-11-21-48(52-49(51)23-14-24-50(2)3)22-12-6-10-19-38-27-42(38)31-46-34-47(46)32-43-28-39(43)20-13-16-35/h35-48H,4-34H2,1-3H3. The molecule has 298 valence electrons. The minimum Gasteiger partial charge on any atom is -0.462 e. The molecule has 0 aromatic rings. The van der Waals surface area contributed by atoms with E-state index >= 15 is 0 Å². The van der Waals surface area contributed by atoms with E-state index in [-0.39, 0.29) is 12.1 Å². The summed E-state index contributed by atoms with van der Waals surface area (Å²) in [6.45, 7) is 3.52. The Kier molecular flexibility index (Phi) is 14.9. The van der Waals surface area contributed by atoms with Gasteiger partial charge in [-0.15, -0.1) is 0 Å². The number of hydrogen-bond donors (Lipinski definition) is 0. The Morgan fingerprint density at radius 2 is 0.769 bits per heavy atom. The second-order valence-corrected chi connectivity index (χ2v) is 21.4. The predicted octanol–water partition coefficient (Wildman–Crippen LogP) is 13.3. The molecular weight excluding hydrogens is 635 g/mol. The van der Waals surface area contributed by atoms with Gasteiger partial charge >= 0.3 is 5.97 Å². The summed E-state index contributed by atoms with van der Waals surface area (Å²) in [6, 6.07) is 0. The minimum atomic E-state index is 0.0503. The van der Waals surface area contributed by atoms with Gasteiger partial charge in [0.15, 0.2) is 0 Å². The molecule has 0 radical (unpaired) electrons. The van der Waals surface area contributed by atoms with E-state index in [1.807, 2.05) is 0 Å². The fourth-order valence-corrected chi connectivity index (χ4v) is 12.0. The maximum atomic E-state index is 12.7. The van der Waals surface area contributed by atoms with E-state index in [1.165, 1.54) is 103 Å². The molecule has 0 saturated heterocycles. The Labute approximate surface area is 322 Å². The van der Waals surface area contributed by atoms with E-state index < -0.39 is 0 Å². The summed E-state index contributed by atoms with van der Waals surface area (Å²) in [4.78, 5) is 14.9. The molecule has 52 heavy (non-hydrogen) atoms. The first-order valence-electron chi connectivity index (χ1n) is 24.2. The average molecular weight is 720 g/mol. The van der Waals surface area contributed by atoms with E-state index in [0.717, 1.165) is 103 Å². The van der Waals surface area contributed by atoms with Crippen molar-refractivity contribution < 1.29 is 9.53 Å². The van der Waals surface area contributed by atoms with Crippen LogP contribution >= 0.6 is 0 Å². The zero-order valence-corrected chi connectivity index (χ0v) is 34.8. The van der Waals surface area contributed by atoms with E-state index in [9.17, 15) is 4.79 Å². The van der Waals surface area contributed by atoms with Crippen LogP contribution in [0.25, 0.3) is 0 Å². The fraction of sp³-hybridized carbons (Fsp3) is 0.980. The molecule has 14 unspecified atom stereocenters. The molecule has 7 saturated carbocycles. The molecule has 0 aliphatic heterocycles. The highest BCUT2D eigenvalue weighted by atomic mass is 16.5. The summed E-state index contributed by atoms with van der Waals surface area (Å²) < 4.78 is 6.14. The monoisotopic (exact) mass is 720 g/mol. The zero-order chi connectivity index (χ0) is 35.9. The maximum absolute atomic E-state index is 12.7. The van der Waals surface area contributed by atoms with Gasteiger partial charge in [-0.3, -0.25) is 4.79 Å². The first kappa shape index (κ1) is 39.7. The Bertz CT molecular complexity index is 1070. The maximum Gasteiger partial charge on any atom is 0.306 e. The lowest BCUT2D eigenvalue weighted by atomic mass is 9.95. The smallest absolute Gasteiger partial charge is 0.306 e. The Hall–Kier alpha value is -0.570. The molecule has 0 spiro atoms. The Balaban J connectivity index is 0.808. The number of nitrogens with zero attached hydrogens (tertiary/aromatic N) is 1. The van der Waals surface area contributed by atoms with Crippen LogP contribution in [0.1, 0.15) is 200 Å². The topological polar surface area (TPSA) is 29.5 Å². The first-order valence-corrected chi connectivity index (χ1v) is 24.2. The molecule has 0 N–H and O–H groups in total. The Morgan fingerprint density at radius 3 is 1.19 bits per heavy atom. The number of esters is 1. The van der Waals surface area contributed by atoms with Crippen molar-refractivity contribution in [3.63, 3.8) is 0 Å². The molecule has 7 aliphatic rings. The van der Waals surface area contributed by atoms with Crippen LogP contribution < -0.4 is 0 Å². The average Bonchev–Trinajstić information content (AvgIpc) is 3.86. The molecule has 7 aliphatic carbocycles. The zero-order valence-electron chi connectivity index (χ0n) is 34.8. The van der Waals surface area contributed by atoms with Crippen molar-refractivity contribution in [1.29, 1.82) is 0 Å². The third-order valence-electron chi connectivity index (χ3n) is 16.4. The van der Waals surface area contributed by atoms with Crippen LogP contribution in [0, 0.1) is 76.9 Å². The van der Waals surface area contributed by atoms with Crippen molar-refractivity contribution >= 4 is 5.97 Å². The third kappa shape index (κ3) is 13.9. The SMILES string of the molecule is CC1CCCCCC2CC2CC2CC2CC2CC2CCCCCC(OC(=O)CCCN(C)C)CCCCCC2CC2CC2CC2CC2CC2CCC1. The summed E-state index contributed by atoms with van der Waals surface area (Å²) in [6.07, 6.45) is 42.5. The van der Waals surface area contributed by atoms with Crippen molar-refractivity contribution in [2.45, 2.75) is 206 Å². The number of carbonyl (C=O) groups excluding carboxylic acids is 1. The number of hydrogen-bond acceptors (Lipinski definition) is 3. The molecule has 14 atom stereocenters. The molecule has 0 bridgehead atoms. The van der Waals surface area contributed by atoms with Crippen molar-refractivity contribution in [2.24, 2.45) is 76.9 Å². The molecular formula is C49H85NO2. The second-order valence-electron chi connectivity index (χ2n) is 21.4. The van der Waals surface area contributed by atoms with Gasteiger partial charge in [0, 0.05) is 6.42 Å². The molecule has 0 amide bonds. The van der Waals surface area contributed by atoms with Gasteiger partial charge in [0.2, 0.25) is 0 Å². The van der Waals surface area contributed by atoms with Crippen molar-refractivity contribution in [3.8, 4) is 0 Å². The second kappa shape index (κ2) is 19.5. The van der Waals surface area contributed by atoms with Crippen LogP contribution in [0.2, 0.25) is 0 Å². The number of carbonyl (C=O) groups is 1. The van der Waals surface area contributed by atoms with E-state index in [4.69, 9.17) is 4.74 Å². The van der Waals surface area contributed by atoms with E-state index in [1.54, 1.807) is 64.2 Å². The molecule has 7 fully saturated rings. The molecule has 0 heterocycles. The molecule has 0 aromatic heterocycles. The van der Waals surface area contributed by atoms with Gasteiger partial charge in [-0.05, 0) is 194 Å². The number of ether oxygens (including phenoxy) is 1. The largest absolute Gasteiger partial charge is 0.462 e. The van der Waals surface area contributed by atoms with Crippen LogP contribution in [0.4, 0.5) is 0 Å². The molecule has 7 rings (SSSR count). The van der Waals surface area contributed by atoms with Gasteiger partial charge in [0.25, 0.3) is 0 Å². The Morgan fingerprint density at radius 1 is 0.442 bits per heavy atom. The highest BCUT2D eigenvalue weighted by Gasteiger charge is 2.49. The van der Waals surface area contributed by atoms with Gasteiger partial charge in [-0.1, -0.05) is 96.8 Å². The van der Waals surface area contributed by atoms with Crippen LogP contribution in [-0.4, -0.2) is 37.6 Å². The van der Waals surface area contributed by atoms with Gasteiger partial charge in [-0.2, -0.15) is 0 Å². The van der Waals surface area contributed by atoms with Crippen LogP contribution in [0.3, 0.4) is 0 Å². The number of fused-ring (bicyclic) bond motifs is 6. The van der Waals surface area contributed by atoms with Crippen LogP contribution in [0.5, 0.6) is 0 Å². The lowest BCUT2D eigenvalue weighted by molar-refractivity contribution is -0.150. The number of rotatable bonds is 5. The minimum absolute atomic E-state index is 0.0503. The normalized spacial score (nSPS) is 43.9. The summed E-state index contributed by atoms with van der Waals surface area (Å²) in [5, 5.41) is 0. The van der Waals surface area contributed by atoms with Crippen LogP contribution in [-0.2, 0) is 9.53 Å². The van der Waals surface area contributed by atoms with E-state index in [0.29, 0.717) is 6.42 Å². The lowest BCUT2D eigenvalue weighted by Crippen LogP contribution is -2.20. The van der Waals surface area contributed by atoms with Gasteiger partial charge in [-0.25, -0.2) is 0 Å². The predicted molar refractivity (Wildman–Crippen MR) is 218 cm³/mol. The fourth-order valence-electron chi connectivity index (χ4n) is 12.0. The highest BCUT2D eigenvalue weighted by Crippen LogP contribution is 2.59. The molecule has 3 nitrogen and oxygen atoms in total. The van der Waals surface area contributed by atoms with Gasteiger partial charge in [0.05, 0.1) is 0 Å². The third-order valence-corrected chi connectivity index (χ3v) is 16.4. The summed E-state index contributed by atoms with van der Waals surface area (Å²) in [5.41, 5.74) is 0.